The van der Waals surface area contributed by atoms with Crippen LogP contribution in [0.2, 0.25) is 0 Å². The van der Waals surface area contributed by atoms with Crippen LogP contribution in [0.15, 0.2) is 21.7 Å². The number of hydrogen-bond acceptors (Lipinski definition) is 3. The predicted molar refractivity (Wildman–Crippen MR) is 125 cm³/mol. The summed E-state index contributed by atoms with van der Waals surface area (Å²) in [4.78, 5) is 11.7. The largest absolute Gasteiger partial charge is 0.547 e. The average Bonchev–Trinajstić information content (AvgIpc) is 3.02. The summed E-state index contributed by atoms with van der Waals surface area (Å²) in [5.74, 6) is 0. The summed E-state index contributed by atoms with van der Waals surface area (Å²) in [5.41, 5.74) is 1.48. The van der Waals surface area contributed by atoms with Crippen molar-refractivity contribution in [3.8, 4) is 0 Å². The van der Waals surface area contributed by atoms with Crippen LogP contribution in [0.25, 0.3) is 0 Å². The van der Waals surface area contributed by atoms with Crippen LogP contribution in [0, 0.1) is 0 Å². The Bertz CT molecular complexity index is 530. The molecule has 0 aliphatic carbocycles. The molecule has 0 spiro atoms. The van der Waals surface area contributed by atoms with Crippen LogP contribution in [0.5, 0.6) is 0 Å². The predicted octanol–water partition coefficient (Wildman–Crippen LogP) is 9.16. The van der Waals surface area contributed by atoms with Gasteiger partial charge in [0.1, 0.15) is 12.2 Å². The molecule has 0 saturated heterocycles. The van der Waals surface area contributed by atoms with Crippen molar-refractivity contribution < 1.29 is 14.5 Å². The Balaban J connectivity index is 1.87. The summed E-state index contributed by atoms with van der Waals surface area (Å²) in [7, 11) is 0. The number of allylic oxidation sites excluding steroid dienone is 2. The van der Waals surface area contributed by atoms with Gasteiger partial charge in [0, 0.05) is 18.6 Å². The summed E-state index contributed by atoms with van der Waals surface area (Å²) in [5, 5.41) is 17.6. The Labute approximate surface area is 185 Å². The SMILES string of the molecule is CCCCCCCCCCCCCCCCCCCC[N+]1(C(=O)O)N=NC(C)=C1C. The molecular formula is C25H48N3O2+. The van der Waals surface area contributed by atoms with Crippen LogP contribution in [-0.2, 0) is 0 Å². The van der Waals surface area contributed by atoms with Crippen molar-refractivity contribution in [1.29, 1.82) is 0 Å². The first-order valence-electron chi connectivity index (χ1n) is 12.8. The van der Waals surface area contributed by atoms with Crippen molar-refractivity contribution in [3.05, 3.63) is 11.4 Å². The zero-order valence-corrected chi connectivity index (χ0v) is 20.1. The van der Waals surface area contributed by atoms with Crippen LogP contribution in [0.1, 0.15) is 136 Å². The zero-order valence-electron chi connectivity index (χ0n) is 20.1. The lowest BCUT2D eigenvalue weighted by Gasteiger charge is -2.21. The third-order valence-electron chi connectivity index (χ3n) is 6.58. The second-order valence-electron chi connectivity index (χ2n) is 9.15. The lowest BCUT2D eigenvalue weighted by atomic mass is 10.0. The standard InChI is InChI=1S/C25H47N3O2/c1-4-5-6-7-8-9-10-11-12-13-14-15-16-17-18-19-20-21-22-28(25(29)30)24(3)23(2)26-27-28/h4-22H2,1-3H3/p+1. The number of amides is 1. The maximum absolute atomic E-state index is 11.7. The molecule has 1 unspecified atom stereocenters. The van der Waals surface area contributed by atoms with Gasteiger partial charge in [0.2, 0.25) is 0 Å². The fraction of sp³-hybridized carbons (Fsp3) is 0.880. The smallest absolute Gasteiger partial charge is 0.433 e. The van der Waals surface area contributed by atoms with Crippen molar-refractivity contribution in [2.75, 3.05) is 6.54 Å². The molecule has 1 aliphatic rings. The zero-order chi connectivity index (χ0) is 22.1. The molecule has 0 aromatic rings. The molecule has 30 heavy (non-hydrogen) atoms. The van der Waals surface area contributed by atoms with Crippen molar-refractivity contribution in [1.82, 2.24) is 0 Å². The molecule has 174 valence electrons. The van der Waals surface area contributed by atoms with Gasteiger partial charge in [0.25, 0.3) is 0 Å². The van der Waals surface area contributed by atoms with E-state index in [9.17, 15) is 9.90 Å². The van der Waals surface area contributed by atoms with E-state index in [4.69, 9.17) is 0 Å². The van der Waals surface area contributed by atoms with Crippen LogP contribution in [0.3, 0.4) is 0 Å². The molecule has 0 aromatic heterocycles. The van der Waals surface area contributed by atoms with E-state index in [1.165, 1.54) is 103 Å². The normalized spacial score (nSPS) is 18.5. The second-order valence-corrected chi connectivity index (χ2v) is 9.15. The monoisotopic (exact) mass is 422 g/mol. The molecule has 1 rings (SSSR count). The summed E-state index contributed by atoms with van der Waals surface area (Å²) in [6, 6.07) is 0. The van der Waals surface area contributed by atoms with Crippen LogP contribution >= 0.6 is 0 Å². The maximum Gasteiger partial charge on any atom is 0.547 e. The van der Waals surface area contributed by atoms with E-state index in [1.54, 1.807) is 0 Å². The number of hydrogen-bond donors (Lipinski definition) is 1. The van der Waals surface area contributed by atoms with Gasteiger partial charge in [-0.1, -0.05) is 115 Å². The number of quaternary nitrogens is 1. The van der Waals surface area contributed by atoms with Gasteiger partial charge in [0.15, 0.2) is 5.70 Å². The van der Waals surface area contributed by atoms with Crippen LogP contribution in [-0.4, -0.2) is 22.3 Å². The van der Waals surface area contributed by atoms with E-state index >= 15 is 0 Å². The Hall–Kier alpha value is -1.23. The van der Waals surface area contributed by atoms with Gasteiger partial charge in [0.05, 0.1) is 0 Å². The number of rotatable bonds is 19. The molecule has 1 heterocycles. The first kappa shape index (κ1) is 26.8. The van der Waals surface area contributed by atoms with Gasteiger partial charge in [-0.2, -0.15) is 4.79 Å². The second kappa shape index (κ2) is 16.5. The van der Waals surface area contributed by atoms with Crippen molar-refractivity contribution >= 4 is 6.09 Å². The first-order valence-corrected chi connectivity index (χ1v) is 12.8. The van der Waals surface area contributed by atoms with E-state index in [0.717, 1.165) is 24.2 Å². The minimum Gasteiger partial charge on any atom is -0.433 e. The Kier molecular flexibility index (Phi) is 14.7. The molecule has 0 radical (unpaired) electrons. The molecule has 0 aromatic carbocycles. The summed E-state index contributed by atoms with van der Waals surface area (Å²) < 4.78 is -0.343. The van der Waals surface area contributed by atoms with E-state index in [1.807, 2.05) is 13.8 Å². The summed E-state index contributed by atoms with van der Waals surface area (Å²) in [6.45, 7) is 6.46. The van der Waals surface area contributed by atoms with Crippen molar-refractivity contribution in [3.63, 3.8) is 0 Å². The van der Waals surface area contributed by atoms with Gasteiger partial charge < -0.3 is 5.11 Å². The molecule has 1 aliphatic heterocycles. The lowest BCUT2D eigenvalue weighted by Crippen LogP contribution is -2.44. The average molecular weight is 423 g/mol. The highest BCUT2D eigenvalue weighted by Crippen LogP contribution is 2.30. The molecule has 0 bridgehead atoms. The van der Waals surface area contributed by atoms with Gasteiger partial charge in [-0.25, -0.2) is 0 Å². The van der Waals surface area contributed by atoms with Crippen LogP contribution in [0.4, 0.5) is 4.79 Å². The fourth-order valence-corrected chi connectivity index (χ4v) is 4.28. The van der Waals surface area contributed by atoms with E-state index in [2.05, 4.69) is 17.3 Å². The van der Waals surface area contributed by atoms with Gasteiger partial charge in [-0.3, -0.25) is 0 Å². The molecular weight excluding hydrogens is 374 g/mol. The highest BCUT2D eigenvalue weighted by Gasteiger charge is 2.45. The van der Waals surface area contributed by atoms with Crippen molar-refractivity contribution in [2.45, 2.75) is 136 Å². The fourth-order valence-electron chi connectivity index (χ4n) is 4.28. The van der Waals surface area contributed by atoms with Gasteiger partial charge >= 0.3 is 6.09 Å². The first-order chi connectivity index (χ1) is 14.5. The number of unbranched alkanes of at least 4 members (excludes halogenated alkanes) is 17. The van der Waals surface area contributed by atoms with Gasteiger partial charge in [-0.15, -0.1) is 0 Å². The third kappa shape index (κ3) is 10.2. The third-order valence-corrected chi connectivity index (χ3v) is 6.58. The van der Waals surface area contributed by atoms with Crippen molar-refractivity contribution in [2.24, 2.45) is 10.3 Å². The highest BCUT2D eigenvalue weighted by molar-refractivity contribution is 5.58. The minimum atomic E-state index is -0.917. The Morgan fingerprint density at radius 1 is 0.700 bits per heavy atom. The summed E-state index contributed by atoms with van der Waals surface area (Å²) in [6.07, 6.45) is 23.1. The molecule has 1 amide bonds. The molecule has 0 fully saturated rings. The molecule has 1 N–H and O–H groups in total. The molecule has 5 heteroatoms. The number of nitrogens with zero attached hydrogens (tertiary/aromatic N) is 3. The quantitative estimate of drug-likeness (QED) is 0.166. The topological polar surface area (TPSA) is 62.0 Å². The Morgan fingerprint density at radius 3 is 1.37 bits per heavy atom. The summed E-state index contributed by atoms with van der Waals surface area (Å²) >= 11 is 0. The molecule has 0 saturated carbocycles. The van der Waals surface area contributed by atoms with E-state index < -0.39 is 6.09 Å². The minimum absolute atomic E-state index is 0.343. The van der Waals surface area contributed by atoms with E-state index in [0.29, 0.717) is 6.54 Å². The Morgan fingerprint density at radius 2 is 1.07 bits per heavy atom. The molecule has 1 atom stereocenters. The van der Waals surface area contributed by atoms with Crippen LogP contribution < -0.4 is 0 Å². The maximum atomic E-state index is 11.7. The van der Waals surface area contributed by atoms with Gasteiger partial charge in [-0.05, 0) is 17.9 Å². The lowest BCUT2D eigenvalue weighted by molar-refractivity contribution is -0.827. The number of carbonyl (C=O) groups is 1. The highest BCUT2D eigenvalue weighted by atomic mass is 16.4. The number of carboxylic acid groups (broad SMARTS) is 1. The molecule has 5 nitrogen and oxygen atoms in total. The van der Waals surface area contributed by atoms with E-state index in [-0.39, 0.29) is 4.59 Å².